The van der Waals surface area contributed by atoms with Gasteiger partial charge in [0.15, 0.2) is 11.5 Å². The first-order valence-electron chi connectivity index (χ1n) is 7.23. The molecule has 0 spiro atoms. The van der Waals surface area contributed by atoms with Crippen LogP contribution in [0.3, 0.4) is 0 Å². The third kappa shape index (κ3) is 2.20. The summed E-state index contributed by atoms with van der Waals surface area (Å²) in [4.78, 5) is 17.4. The number of rotatable bonds is 2. The molecule has 6 nitrogen and oxygen atoms in total. The number of benzene rings is 1. The third-order valence-electron chi connectivity index (χ3n) is 3.71. The van der Waals surface area contributed by atoms with Crippen LogP contribution < -0.4 is 15.0 Å². The van der Waals surface area contributed by atoms with Gasteiger partial charge in [-0.15, -0.1) is 4.52 Å². The molecule has 0 saturated carbocycles. The predicted octanol–water partition coefficient (Wildman–Crippen LogP) is 1.39. The van der Waals surface area contributed by atoms with Gasteiger partial charge < -0.3 is 5.43 Å². The van der Waals surface area contributed by atoms with Gasteiger partial charge in [-0.05, 0) is 11.1 Å². The minimum Gasteiger partial charge on any atom is -0.302 e. The monoisotopic (exact) mass is 304 g/mol. The lowest BCUT2D eigenvalue weighted by atomic mass is 10.0. The fourth-order valence-electron chi connectivity index (χ4n) is 2.53. The summed E-state index contributed by atoms with van der Waals surface area (Å²) in [6, 6.07) is 14.8. The van der Waals surface area contributed by atoms with Crippen LogP contribution in [0, 0.1) is 0 Å². The molecule has 0 saturated heterocycles. The fourth-order valence-corrected chi connectivity index (χ4v) is 2.53. The van der Waals surface area contributed by atoms with Crippen molar-refractivity contribution in [2.75, 3.05) is 12.1 Å². The number of pyridine rings is 1. The van der Waals surface area contributed by atoms with Gasteiger partial charge in [0.1, 0.15) is 6.20 Å². The lowest BCUT2D eigenvalue weighted by molar-refractivity contribution is -0.583. The van der Waals surface area contributed by atoms with Crippen molar-refractivity contribution in [2.24, 2.45) is 0 Å². The molecule has 0 radical (unpaired) electrons. The number of anilines is 1. The summed E-state index contributed by atoms with van der Waals surface area (Å²) >= 11 is 0. The van der Waals surface area contributed by atoms with Gasteiger partial charge in [-0.3, -0.25) is 9.80 Å². The summed E-state index contributed by atoms with van der Waals surface area (Å²) < 4.78 is 1.67. The van der Waals surface area contributed by atoms with Crippen molar-refractivity contribution in [1.82, 2.24) is 15.5 Å². The SMILES string of the molecule is CN1NC=C(C(=O)c2ccccc2)c2n[n+]3ccccc3nc21. The molecule has 0 amide bonds. The predicted molar refractivity (Wildman–Crippen MR) is 85.5 cm³/mol. The molecule has 3 heterocycles. The average molecular weight is 304 g/mol. The highest BCUT2D eigenvalue weighted by Gasteiger charge is 2.30. The highest BCUT2D eigenvalue weighted by Crippen LogP contribution is 2.27. The largest absolute Gasteiger partial charge is 0.350 e. The molecule has 23 heavy (non-hydrogen) atoms. The zero-order chi connectivity index (χ0) is 15.8. The van der Waals surface area contributed by atoms with Gasteiger partial charge in [0, 0.05) is 24.9 Å². The summed E-state index contributed by atoms with van der Waals surface area (Å²) in [7, 11) is 1.84. The highest BCUT2D eigenvalue weighted by molar-refractivity contribution is 6.29. The lowest BCUT2D eigenvalue weighted by Crippen LogP contribution is -2.39. The van der Waals surface area contributed by atoms with E-state index in [1.807, 2.05) is 49.6 Å². The Kier molecular flexibility index (Phi) is 3.01. The second-order valence-corrected chi connectivity index (χ2v) is 5.23. The number of Topliss-reactive ketones (excluding diaryl/α,β-unsaturated/α-hetero) is 1. The van der Waals surface area contributed by atoms with Crippen LogP contribution >= 0.6 is 0 Å². The topological polar surface area (TPSA) is 62.2 Å². The Labute approximate surface area is 132 Å². The molecule has 2 aromatic heterocycles. The summed E-state index contributed by atoms with van der Waals surface area (Å²) in [5, 5.41) is 6.32. The van der Waals surface area contributed by atoms with Gasteiger partial charge in [-0.25, -0.2) is 0 Å². The molecule has 1 aliphatic rings. The van der Waals surface area contributed by atoms with Crippen LogP contribution in [0.1, 0.15) is 16.1 Å². The number of aromatic nitrogens is 3. The van der Waals surface area contributed by atoms with E-state index in [1.54, 1.807) is 27.9 Å². The number of hydrogen-bond acceptors (Lipinski definition) is 5. The van der Waals surface area contributed by atoms with E-state index in [4.69, 9.17) is 0 Å². The minimum absolute atomic E-state index is 0.0855. The molecule has 0 aliphatic carbocycles. The number of ketones is 1. The van der Waals surface area contributed by atoms with E-state index in [1.165, 1.54) is 0 Å². The maximum Gasteiger partial charge on any atom is 0.350 e. The summed E-state index contributed by atoms with van der Waals surface area (Å²) in [6.45, 7) is 0. The van der Waals surface area contributed by atoms with Crippen LogP contribution in [0.2, 0.25) is 0 Å². The molecule has 3 aromatic rings. The van der Waals surface area contributed by atoms with Gasteiger partial charge in [0.25, 0.3) is 5.82 Å². The third-order valence-corrected chi connectivity index (χ3v) is 3.71. The maximum atomic E-state index is 12.8. The van der Waals surface area contributed by atoms with E-state index < -0.39 is 0 Å². The van der Waals surface area contributed by atoms with E-state index in [0.717, 1.165) is 0 Å². The smallest absolute Gasteiger partial charge is 0.302 e. The Bertz CT molecular complexity index is 936. The Morgan fingerprint density at radius 2 is 1.91 bits per heavy atom. The number of allylic oxidation sites excluding steroid dienone is 1. The lowest BCUT2D eigenvalue weighted by Gasteiger charge is -2.22. The number of carbonyl (C=O) groups excluding carboxylic acids is 1. The van der Waals surface area contributed by atoms with Crippen LogP contribution in [-0.2, 0) is 0 Å². The van der Waals surface area contributed by atoms with Crippen molar-refractivity contribution >= 4 is 22.8 Å². The first kappa shape index (κ1) is 13.4. The van der Waals surface area contributed by atoms with Gasteiger partial charge in [-0.2, -0.15) is 0 Å². The molecule has 0 unspecified atom stereocenters. The zero-order valence-corrected chi connectivity index (χ0v) is 12.5. The standard InChI is InChI=1S/C17H13N5O/c1-21-17-15(20-22-10-6-5-9-14(22)19-17)13(11-18-21)16(23)12-7-3-2-4-8-12/h2-11H,1H3/p+1. The van der Waals surface area contributed by atoms with E-state index >= 15 is 0 Å². The highest BCUT2D eigenvalue weighted by atomic mass is 16.1. The second-order valence-electron chi connectivity index (χ2n) is 5.23. The van der Waals surface area contributed by atoms with E-state index in [0.29, 0.717) is 28.3 Å². The van der Waals surface area contributed by atoms with Crippen molar-refractivity contribution in [3.8, 4) is 0 Å². The molecule has 1 aliphatic heterocycles. The van der Waals surface area contributed by atoms with Crippen LogP contribution in [0.5, 0.6) is 0 Å². The van der Waals surface area contributed by atoms with E-state index in [-0.39, 0.29) is 5.78 Å². The number of hydrogen-bond donors (Lipinski definition) is 1. The first-order chi connectivity index (χ1) is 11.2. The van der Waals surface area contributed by atoms with Crippen LogP contribution in [0.15, 0.2) is 60.9 Å². The number of nitrogens with one attached hydrogen (secondary N) is 1. The van der Waals surface area contributed by atoms with Crippen molar-refractivity contribution in [3.63, 3.8) is 0 Å². The van der Waals surface area contributed by atoms with Gasteiger partial charge >= 0.3 is 5.65 Å². The first-order valence-corrected chi connectivity index (χ1v) is 7.23. The zero-order valence-electron chi connectivity index (χ0n) is 12.5. The average Bonchev–Trinajstić information content (AvgIpc) is 2.61. The van der Waals surface area contributed by atoms with Gasteiger partial charge in [0.2, 0.25) is 0 Å². The normalized spacial score (nSPS) is 13.3. The Hall–Kier alpha value is -3.28. The van der Waals surface area contributed by atoms with Crippen molar-refractivity contribution in [3.05, 3.63) is 72.2 Å². The maximum absolute atomic E-state index is 12.8. The van der Waals surface area contributed by atoms with Crippen molar-refractivity contribution in [1.29, 1.82) is 0 Å². The van der Waals surface area contributed by atoms with E-state index in [9.17, 15) is 4.79 Å². The van der Waals surface area contributed by atoms with Gasteiger partial charge in [0.05, 0.1) is 5.57 Å². The molecule has 1 aromatic carbocycles. The quantitative estimate of drug-likeness (QED) is 0.573. The number of fused-ring (bicyclic) bond motifs is 2. The molecular weight excluding hydrogens is 290 g/mol. The Morgan fingerprint density at radius 3 is 2.74 bits per heavy atom. The fraction of sp³-hybridized carbons (Fsp3) is 0.0588. The molecule has 6 heteroatoms. The Morgan fingerprint density at radius 1 is 1.13 bits per heavy atom. The summed E-state index contributed by atoms with van der Waals surface area (Å²) in [5.74, 6) is 0.538. The van der Waals surface area contributed by atoms with E-state index in [2.05, 4.69) is 15.5 Å². The molecule has 4 rings (SSSR count). The number of carbonyl (C=O) groups is 1. The molecule has 0 fully saturated rings. The Balaban J connectivity index is 1.88. The van der Waals surface area contributed by atoms with Crippen LogP contribution in [-0.4, -0.2) is 22.9 Å². The van der Waals surface area contributed by atoms with Crippen molar-refractivity contribution in [2.45, 2.75) is 0 Å². The molecule has 1 N–H and O–H groups in total. The van der Waals surface area contributed by atoms with Crippen molar-refractivity contribution < 1.29 is 9.31 Å². The number of hydrazine groups is 1. The van der Waals surface area contributed by atoms with Crippen LogP contribution in [0.25, 0.3) is 11.2 Å². The van der Waals surface area contributed by atoms with Gasteiger partial charge in [-0.1, -0.05) is 41.5 Å². The molecule has 0 bridgehead atoms. The minimum atomic E-state index is -0.0855. The second kappa shape index (κ2) is 5.17. The molecule has 112 valence electrons. The summed E-state index contributed by atoms with van der Waals surface area (Å²) in [6.07, 6.45) is 3.48. The molecule has 0 atom stereocenters. The summed E-state index contributed by atoms with van der Waals surface area (Å²) in [5.41, 5.74) is 5.43. The number of nitrogens with zero attached hydrogens (tertiary/aromatic N) is 4. The molecular formula is C17H14N5O+. The van der Waals surface area contributed by atoms with Crippen LogP contribution in [0.4, 0.5) is 5.82 Å².